The molecule has 162 valence electrons. The molecule has 1 heterocycles. The lowest BCUT2D eigenvalue weighted by Crippen LogP contribution is -2.48. The molecule has 0 saturated carbocycles. The number of thiophene rings is 1. The third-order valence-electron chi connectivity index (χ3n) is 4.81. The second-order valence-corrected chi connectivity index (χ2v) is 8.30. The monoisotopic (exact) mass is 436 g/mol. The molecule has 0 aliphatic rings. The van der Waals surface area contributed by atoms with Crippen LogP contribution in [0.4, 0.5) is 0 Å². The lowest BCUT2D eigenvalue weighted by Gasteiger charge is -2.18. The van der Waals surface area contributed by atoms with Crippen LogP contribution in [0.1, 0.15) is 33.6 Å². The fraction of sp³-hybridized carbons (Fsp3) is 0.280. The maximum atomic E-state index is 12.8. The molecule has 3 aromatic rings. The molecule has 0 aliphatic heterocycles. The first-order valence-electron chi connectivity index (χ1n) is 10.5. The van der Waals surface area contributed by atoms with Crippen LogP contribution >= 0.6 is 11.3 Å². The summed E-state index contributed by atoms with van der Waals surface area (Å²) in [6.07, 6.45) is 2.08. The summed E-state index contributed by atoms with van der Waals surface area (Å²) in [4.78, 5) is 25.9. The molecule has 0 bridgehead atoms. The van der Waals surface area contributed by atoms with E-state index >= 15 is 0 Å². The SMILES string of the molecule is Cc1ccc(OCCCCNC(=O)C(Cc2ccccc2)NC(=O)c2cccs2)cc1. The molecule has 31 heavy (non-hydrogen) atoms. The molecule has 0 saturated heterocycles. The maximum Gasteiger partial charge on any atom is 0.262 e. The van der Waals surface area contributed by atoms with E-state index < -0.39 is 6.04 Å². The zero-order valence-electron chi connectivity index (χ0n) is 17.7. The molecule has 2 amide bonds. The molecule has 1 unspecified atom stereocenters. The van der Waals surface area contributed by atoms with Gasteiger partial charge in [0.2, 0.25) is 5.91 Å². The molecule has 1 aromatic heterocycles. The van der Waals surface area contributed by atoms with E-state index in [-0.39, 0.29) is 11.8 Å². The van der Waals surface area contributed by atoms with Crippen molar-refractivity contribution >= 4 is 23.2 Å². The highest BCUT2D eigenvalue weighted by Gasteiger charge is 2.22. The fourth-order valence-corrected chi connectivity index (χ4v) is 3.71. The average molecular weight is 437 g/mol. The number of ether oxygens (including phenoxy) is 1. The first-order valence-corrected chi connectivity index (χ1v) is 11.4. The maximum absolute atomic E-state index is 12.8. The lowest BCUT2D eigenvalue weighted by atomic mass is 10.0. The van der Waals surface area contributed by atoms with E-state index in [0.29, 0.717) is 24.4 Å². The van der Waals surface area contributed by atoms with E-state index in [1.54, 1.807) is 6.07 Å². The van der Waals surface area contributed by atoms with Crippen LogP contribution in [0.5, 0.6) is 5.75 Å². The number of unbranched alkanes of at least 4 members (excludes halogenated alkanes) is 1. The minimum atomic E-state index is -0.624. The van der Waals surface area contributed by atoms with Gasteiger partial charge in [0.1, 0.15) is 11.8 Å². The Bertz CT molecular complexity index is 941. The van der Waals surface area contributed by atoms with Crippen LogP contribution in [0.3, 0.4) is 0 Å². The molecule has 2 aromatic carbocycles. The van der Waals surface area contributed by atoms with Crippen LogP contribution in [-0.2, 0) is 11.2 Å². The fourth-order valence-electron chi connectivity index (χ4n) is 3.08. The topological polar surface area (TPSA) is 67.4 Å². The highest BCUT2D eigenvalue weighted by molar-refractivity contribution is 7.12. The van der Waals surface area contributed by atoms with Gasteiger partial charge >= 0.3 is 0 Å². The number of hydrogen-bond acceptors (Lipinski definition) is 4. The zero-order valence-corrected chi connectivity index (χ0v) is 18.5. The van der Waals surface area contributed by atoms with Crippen molar-refractivity contribution in [2.45, 2.75) is 32.2 Å². The van der Waals surface area contributed by atoms with Crippen LogP contribution in [0.2, 0.25) is 0 Å². The third-order valence-corrected chi connectivity index (χ3v) is 5.68. The van der Waals surface area contributed by atoms with E-state index in [0.717, 1.165) is 24.2 Å². The van der Waals surface area contributed by atoms with Crippen molar-refractivity contribution < 1.29 is 14.3 Å². The molecule has 3 rings (SSSR count). The summed E-state index contributed by atoms with van der Waals surface area (Å²) in [6.45, 7) is 3.18. The third kappa shape index (κ3) is 7.57. The summed E-state index contributed by atoms with van der Waals surface area (Å²) < 4.78 is 5.72. The van der Waals surface area contributed by atoms with E-state index in [1.165, 1.54) is 16.9 Å². The minimum absolute atomic E-state index is 0.173. The van der Waals surface area contributed by atoms with Crippen molar-refractivity contribution in [2.75, 3.05) is 13.2 Å². The smallest absolute Gasteiger partial charge is 0.262 e. The van der Waals surface area contributed by atoms with Crippen molar-refractivity contribution in [3.8, 4) is 5.75 Å². The Hall–Kier alpha value is -3.12. The van der Waals surface area contributed by atoms with Gasteiger partial charge < -0.3 is 15.4 Å². The van der Waals surface area contributed by atoms with Crippen LogP contribution < -0.4 is 15.4 Å². The Balaban J connectivity index is 1.45. The summed E-state index contributed by atoms with van der Waals surface area (Å²) in [7, 11) is 0. The normalized spacial score (nSPS) is 11.5. The van der Waals surface area contributed by atoms with Gasteiger partial charge in [0, 0.05) is 13.0 Å². The van der Waals surface area contributed by atoms with Crippen molar-refractivity contribution in [1.29, 1.82) is 0 Å². The van der Waals surface area contributed by atoms with E-state index in [4.69, 9.17) is 4.74 Å². The largest absolute Gasteiger partial charge is 0.494 e. The molecule has 0 radical (unpaired) electrons. The predicted molar refractivity (Wildman–Crippen MR) is 125 cm³/mol. The Morgan fingerprint density at radius 3 is 2.45 bits per heavy atom. The van der Waals surface area contributed by atoms with Crippen molar-refractivity contribution in [2.24, 2.45) is 0 Å². The second-order valence-electron chi connectivity index (χ2n) is 7.35. The molecule has 1 atom stereocenters. The number of benzene rings is 2. The summed E-state index contributed by atoms with van der Waals surface area (Å²) in [5, 5.41) is 7.68. The molecule has 2 N–H and O–H groups in total. The van der Waals surface area contributed by atoms with E-state index in [2.05, 4.69) is 10.6 Å². The van der Waals surface area contributed by atoms with Gasteiger partial charge in [0.25, 0.3) is 5.91 Å². The van der Waals surface area contributed by atoms with Gasteiger partial charge in [-0.25, -0.2) is 0 Å². The summed E-state index contributed by atoms with van der Waals surface area (Å²) in [5.41, 5.74) is 2.20. The van der Waals surface area contributed by atoms with Crippen molar-refractivity contribution in [3.63, 3.8) is 0 Å². The molecular weight excluding hydrogens is 408 g/mol. The van der Waals surface area contributed by atoms with E-state index in [9.17, 15) is 9.59 Å². The molecule has 0 spiro atoms. The summed E-state index contributed by atoms with van der Waals surface area (Å²) in [6, 6.07) is 20.6. The van der Waals surface area contributed by atoms with Crippen molar-refractivity contribution in [3.05, 3.63) is 88.1 Å². The highest BCUT2D eigenvalue weighted by atomic mass is 32.1. The number of carbonyl (C=O) groups excluding carboxylic acids is 2. The van der Waals surface area contributed by atoms with Gasteiger partial charge in [-0.3, -0.25) is 9.59 Å². The van der Waals surface area contributed by atoms with Gasteiger partial charge in [-0.05, 0) is 48.9 Å². The van der Waals surface area contributed by atoms with Crippen LogP contribution in [0.15, 0.2) is 72.1 Å². The Morgan fingerprint density at radius 1 is 0.968 bits per heavy atom. The molecule has 0 fully saturated rings. The number of rotatable bonds is 11. The Morgan fingerprint density at radius 2 is 1.74 bits per heavy atom. The Kier molecular flexibility index (Phi) is 8.67. The van der Waals surface area contributed by atoms with Gasteiger partial charge in [0.15, 0.2) is 0 Å². The number of hydrogen-bond donors (Lipinski definition) is 2. The van der Waals surface area contributed by atoms with E-state index in [1.807, 2.05) is 73.0 Å². The molecule has 0 aliphatic carbocycles. The van der Waals surface area contributed by atoms with Crippen LogP contribution in [-0.4, -0.2) is 31.0 Å². The molecule has 6 heteroatoms. The zero-order chi connectivity index (χ0) is 21.9. The lowest BCUT2D eigenvalue weighted by molar-refractivity contribution is -0.122. The molecule has 5 nitrogen and oxygen atoms in total. The van der Waals surface area contributed by atoms with Gasteiger partial charge in [0.05, 0.1) is 11.5 Å². The summed E-state index contributed by atoms with van der Waals surface area (Å²) >= 11 is 1.36. The highest BCUT2D eigenvalue weighted by Crippen LogP contribution is 2.12. The first kappa shape index (κ1) is 22.6. The van der Waals surface area contributed by atoms with Crippen LogP contribution in [0.25, 0.3) is 0 Å². The van der Waals surface area contributed by atoms with Crippen LogP contribution in [0, 0.1) is 6.92 Å². The summed E-state index contributed by atoms with van der Waals surface area (Å²) in [5.74, 6) is 0.458. The second kappa shape index (κ2) is 11.9. The van der Waals surface area contributed by atoms with Crippen molar-refractivity contribution in [1.82, 2.24) is 10.6 Å². The Labute approximate surface area is 187 Å². The predicted octanol–water partition coefficient (Wildman–Crippen LogP) is 4.37. The van der Waals surface area contributed by atoms with Gasteiger partial charge in [-0.1, -0.05) is 54.1 Å². The average Bonchev–Trinajstić information content (AvgIpc) is 3.32. The first-order chi connectivity index (χ1) is 15.1. The van der Waals surface area contributed by atoms with Gasteiger partial charge in [-0.15, -0.1) is 11.3 Å². The minimum Gasteiger partial charge on any atom is -0.494 e. The quantitative estimate of drug-likeness (QED) is 0.439. The van der Waals surface area contributed by atoms with Gasteiger partial charge in [-0.2, -0.15) is 0 Å². The number of amides is 2. The number of aryl methyl sites for hydroxylation is 1. The standard InChI is InChI=1S/C25H28N2O3S/c1-19-11-13-21(14-12-19)30-16-6-5-15-26-24(28)22(18-20-8-3-2-4-9-20)27-25(29)23-10-7-17-31-23/h2-4,7-14,17,22H,5-6,15-16,18H2,1H3,(H,26,28)(H,27,29). The number of nitrogens with one attached hydrogen (secondary N) is 2. The number of carbonyl (C=O) groups is 2. The molecular formula is C25H28N2O3S.